The average molecular weight is 263 g/mol. The second-order valence-electron chi connectivity index (χ2n) is 3.49. The summed E-state index contributed by atoms with van der Waals surface area (Å²) >= 11 is 0. The number of hydrogen-bond donors (Lipinski definition) is 0. The van der Waals surface area contributed by atoms with Gasteiger partial charge in [-0.05, 0) is 13.8 Å². The van der Waals surface area contributed by atoms with Gasteiger partial charge in [-0.1, -0.05) is 5.06 Å². The summed E-state index contributed by atoms with van der Waals surface area (Å²) < 4.78 is 16.0. The van der Waals surface area contributed by atoms with Crippen molar-refractivity contribution in [1.29, 1.82) is 0 Å². The van der Waals surface area contributed by atoms with Crippen LogP contribution in [0.15, 0.2) is 0 Å². The number of hydrogen-bond acceptors (Lipinski definition) is 6. The summed E-state index contributed by atoms with van der Waals surface area (Å²) in [5, 5.41) is 0.282. The molecule has 1 heterocycles. The van der Waals surface area contributed by atoms with Gasteiger partial charge in [-0.25, -0.2) is 9.18 Å². The Kier molecular flexibility index (Phi) is 6.54. The van der Waals surface area contributed by atoms with E-state index in [1.54, 1.807) is 0 Å². The molecule has 18 heavy (non-hydrogen) atoms. The summed E-state index contributed by atoms with van der Waals surface area (Å²) in [5.41, 5.74) is 0. The third-order valence-electron chi connectivity index (χ3n) is 1.43. The fourth-order valence-corrected chi connectivity index (χ4v) is 0.887. The van der Waals surface area contributed by atoms with Crippen molar-refractivity contribution in [2.75, 3.05) is 0 Å². The smallest absolute Gasteiger partial charge is 0.398 e. The van der Waals surface area contributed by atoms with Crippen LogP contribution in [0.4, 0.5) is 9.18 Å². The van der Waals surface area contributed by atoms with Gasteiger partial charge in [0.05, 0.1) is 0 Å². The lowest BCUT2D eigenvalue weighted by atomic mass is 10.4. The first-order valence-electron chi connectivity index (χ1n) is 5.09. The Balaban J connectivity index is 0.000000631. The van der Waals surface area contributed by atoms with Gasteiger partial charge in [-0.2, -0.15) is 0 Å². The molecule has 0 saturated carbocycles. The highest BCUT2D eigenvalue weighted by Crippen LogP contribution is 2.12. The Hall–Kier alpha value is -1.99. The van der Waals surface area contributed by atoms with Crippen molar-refractivity contribution in [3.8, 4) is 0 Å². The van der Waals surface area contributed by atoms with Crippen molar-refractivity contribution >= 4 is 23.8 Å². The number of carbonyl (C=O) groups excluding carboxylic acids is 4. The van der Waals surface area contributed by atoms with Crippen molar-refractivity contribution < 1.29 is 33.1 Å². The molecule has 1 aliphatic heterocycles. The van der Waals surface area contributed by atoms with Crippen LogP contribution in [0, 0.1) is 0 Å². The molecule has 8 heteroatoms. The molecule has 0 aromatic carbocycles. The van der Waals surface area contributed by atoms with Crippen LogP contribution >= 0.6 is 0 Å². The largest absolute Gasteiger partial charge is 0.536 e. The van der Waals surface area contributed by atoms with Gasteiger partial charge in [0.2, 0.25) is 6.36 Å². The van der Waals surface area contributed by atoms with Crippen LogP contribution in [-0.4, -0.2) is 35.2 Å². The van der Waals surface area contributed by atoms with Crippen molar-refractivity contribution in [3.05, 3.63) is 0 Å². The van der Waals surface area contributed by atoms with Crippen LogP contribution in [0.1, 0.15) is 33.6 Å². The highest BCUT2D eigenvalue weighted by Gasteiger charge is 2.33. The van der Waals surface area contributed by atoms with Gasteiger partial charge in [0.1, 0.15) is 5.78 Å². The van der Waals surface area contributed by atoms with Crippen molar-refractivity contribution in [2.24, 2.45) is 0 Å². The molecule has 1 unspecified atom stereocenters. The van der Waals surface area contributed by atoms with Gasteiger partial charge >= 0.3 is 6.16 Å². The summed E-state index contributed by atoms with van der Waals surface area (Å²) in [4.78, 5) is 46.1. The molecule has 0 spiro atoms. The van der Waals surface area contributed by atoms with Crippen LogP contribution in [0.25, 0.3) is 0 Å². The number of hydroxylamine groups is 2. The summed E-state index contributed by atoms with van der Waals surface area (Å²) in [7, 11) is 0. The summed E-state index contributed by atoms with van der Waals surface area (Å²) in [6.07, 6.45) is -3.30. The maximum absolute atomic E-state index is 12.1. The molecule has 0 N–H and O–H groups in total. The molecule has 1 fully saturated rings. The minimum Gasteiger partial charge on any atom is -0.398 e. The fourth-order valence-electron chi connectivity index (χ4n) is 0.887. The van der Waals surface area contributed by atoms with Crippen molar-refractivity contribution in [2.45, 2.75) is 40.0 Å². The zero-order valence-electron chi connectivity index (χ0n) is 10.3. The lowest BCUT2D eigenvalue weighted by Crippen LogP contribution is -2.32. The molecular formula is C10H14FNO6. The molecular weight excluding hydrogens is 249 g/mol. The molecule has 0 radical (unpaired) electrons. The second-order valence-corrected chi connectivity index (χ2v) is 3.49. The molecule has 1 atom stereocenters. The second kappa shape index (κ2) is 7.36. The minimum absolute atomic E-state index is 0.0166. The molecule has 1 saturated heterocycles. The highest BCUT2D eigenvalue weighted by molar-refractivity contribution is 6.01. The number of halogens is 1. The first-order valence-corrected chi connectivity index (χ1v) is 5.09. The lowest BCUT2D eigenvalue weighted by Gasteiger charge is -2.12. The van der Waals surface area contributed by atoms with E-state index in [1.165, 1.54) is 13.8 Å². The van der Waals surface area contributed by atoms with E-state index in [0.717, 1.165) is 6.92 Å². The third-order valence-corrected chi connectivity index (χ3v) is 1.43. The molecule has 1 rings (SSSR count). The van der Waals surface area contributed by atoms with Gasteiger partial charge in [-0.3, -0.25) is 14.4 Å². The average Bonchev–Trinajstić information content (AvgIpc) is 2.47. The van der Waals surface area contributed by atoms with E-state index < -0.39 is 24.3 Å². The molecule has 0 aliphatic carbocycles. The molecule has 7 nitrogen and oxygen atoms in total. The van der Waals surface area contributed by atoms with Gasteiger partial charge in [0.25, 0.3) is 11.8 Å². The van der Waals surface area contributed by atoms with Crippen LogP contribution in [-0.2, 0) is 24.0 Å². The zero-order valence-corrected chi connectivity index (χ0v) is 10.3. The number of amides is 2. The molecule has 0 aromatic rings. The monoisotopic (exact) mass is 263 g/mol. The number of ether oxygens (including phenoxy) is 1. The van der Waals surface area contributed by atoms with Crippen LogP contribution < -0.4 is 0 Å². The molecule has 102 valence electrons. The quantitative estimate of drug-likeness (QED) is 0.547. The number of ketones is 1. The van der Waals surface area contributed by atoms with Gasteiger partial charge in [-0.15, -0.1) is 0 Å². The topological polar surface area (TPSA) is 90.0 Å². The van der Waals surface area contributed by atoms with Crippen LogP contribution in [0.5, 0.6) is 0 Å². The number of Topliss-reactive ketones (excluding diaryl/α,β-unsaturated/α-hetero) is 1. The molecule has 0 aromatic heterocycles. The van der Waals surface area contributed by atoms with Crippen LogP contribution in [0.2, 0.25) is 0 Å². The lowest BCUT2D eigenvalue weighted by molar-refractivity contribution is -0.180. The van der Waals surface area contributed by atoms with Gasteiger partial charge in [0, 0.05) is 19.8 Å². The summed E-state index contributed by atoms with van der Waals surface area (Å²) in [6, 6.07) is 0. The Bertz CT molecular complexity index is 334. The predicted octanol–water partition coefficient (Wildman–Crippen LogP) is 1.11. The maximum atomic E-state index is 12.1. The van der Waals surface area contributed by atoms with E-state index in [4.69, 9.17) is 0 Å². The van der Waals surface area contributed by atoms with E-state index in [1.807, 2.05) is 0 Å². The summed E-state index contributed by atoms with van der Waals surface area (Å²) in [6.45, 7) is 4.02. The van der Waals surface area contributed by atoms with Crippen molar-refractivity contribution in [3.63, 3.8) is 0 Å². The first-order chi connectivity index (χ1) is 8.23. The number of nitrogens with zero attached hydrogens (tertiary/aromatic N) is 1. The Morgan fingerprint density at radius 2 is 1.61 bits per heavy atom. The van der Waals surface area contributed by atoms with E-state index in [9.17, 15) is 23.6 Å². The Morgan fingerprint density at radius 3 is 1.94 bits per heavy atom. The fraction of sp³-hybridized carbons (Fsp3) is 0.600. The Morgan fingerprint density at radius 1 is 1.22 bits per heavy atom. The third kappa shape index (κ3) is 6.56. The number of alkyl halides is 1. The van der Waals surface area contributed by atoms with Crippen LogP contribution in [0.3, 0.4) is 0 Å². The Labute approximate surface area is 103 Å². The SMILES string of the molecule is CC(C)=O.CC(F)OC(=O)ON1C(=O)CCC1=O. The standard InChI is InChI=1S/C7H8FNO5.C3H6O/c1-4(8)13-7(12)14-9-5(10)2-3-6(9)11;1-3(2)4/h4H,2-3H2,1H3;1-2H3. The number of rotatable bonds is 2. The molecule has 1 aliphatic rings. The molecule has 0 bridgehead atoms. The van der Waals surface area contributed by atoms with Crippen molar-refractivity contribution in [1.82, 2.24) is 5.06 Å². The number of imide groups is 1. The normalized spacial score (nSPS) is 15.7. The molecule has 2 amide bonds. The first kappa shape index (κ1) is 16.0. The van der Waals surface area contributed by atoms with E-state index in [2.05, 4.69) is 9.57 Å². The summed E-state index contributed by atoms with van der Waals surface area (Å²) in [5.74, 6) is -1.11. The van der Waals surface area contributed by atoms with E-state index >= 15 is 0 Å². The van der Waals surface area contributed by atoms with Gasteiger partial charge < -0.3 is 9.53 Å². The minimum atomic E-state index is -1.85. The predicted molar refractivity (Wildman–Crippen MR) is 55.6 cm³/mol. The van der Waals surface area contributed by atoms with E-state index in [0.29, 0.717) is 0 Å². The van der Waals surface area contributed by atoms with E-state index in [-0.39, 0.29) is 23.7 Å². The van der Waals surface area contributed by atoms with Gasteiger partial charge in [0.15, 0.2) is 0 Å². The number of carbonyl (C=O) groups is 4. The highest BCUT2D eigenvalue weighted by atomic mass is 19.1. The zero-order chi connectivity index (χ0) is 14.3. The maximum Gasteiger partial charge on any atom is 0.536 e.